The van der Waals surface area contributed by atoms with Gasteiger partial charge in [-0.05, 0) is 45.8 Å². The third kappa shape index (κ3) is 5.58. The number of halogens is 2. The van der Waals surface area contributed by atoms with E-state index >= 15 is 0 Å². The maximum absolute atomic E-state index is 11.3. The van der Waals surface area contributed by atoms with Crippen LogP contribution < -0.4 is 15.5 Å². The van der Waals surface area contributed by atoms with Gasteiger partial charge in [-0.25, -0.2) is 5.43 Å². The number of hydrogen-bond donors (Lipinski definition) is 2. The van der Waals surface area contributed by atoms with Gasteiger partial charge in [-0.2, -0.15) is 5.10 Å². The van der Waals surface area contributed by atoms with Gasteiger partial charge in [0.2, 0.25) is 0 Å². The second-order valence-corrected chi connectivity index (χ2v) is 6.11. The molecule has 0 saturated heterocycles. The fourth-order valence-electron chi connectivity index (χ4n) is 1.82. The van der Waals surface area contributed by atoms with E-state index in [1.807, 2.05) is 24.3 Å². The van der Waals surface area contributed by atoms with Crippen LogP contribution in [0.1, 0.15) is 11.1 Å². The number of nitrogens with one attached hydrogen (secondary N) is 2. The van der Waals surface area contributed by atoms with Crippen LogP contribution in [-0.4, -0.2) is 25.1 Å². The summed E-state index contributed by atoms with van der Waals surface area (Å²) in [6.45, 7) is 0.341. The predicted octanol–water partition coefficient (Wildman–Crippen LogP) is 2.88. The fraction of sp³-hybridized carbons (Fsp3) is 0.118. The second-order valence-electron chi connectivity index (χ2n) is 4.85. The Hall–Kier alpha value is -2.38. The van der Waals surface area contributed by atoms with Crippen LogP contribution in [0.3, 0.4) is 0 Å². The molecule has 2 N–H and O–H groups in total. The van der Waals surface area contributed by atoms with Crippen molar-refractivity contribution in [2.75, 3.05) is 7.05 Å². The van der Waals surface area contributed by atoms with Crippen molar-refractivity contribution >= 4 is 45.6 Å². The smallest absolute Gasteiger partial charge is 0.329 e. The number of benzene rings is 2. The molecule has 0 radical (unpaired) electrons. The Morgan fingerprint density at radius 1 is 1.24 bits per heavy atom. The zero-order valence-electron chi connectivity index (χ0n) is 13.3. The standard InChI is InChI=1S/C17H15BrClN3O3/c1-20-16(23)17(24)22-21-9-11-6-7-15(13(18)8-11)25-10-12-4-2-3-5-14(12)19/h2-9H,10H2,1H3,(H,20,23)(H,22,24)/b21-9-. The van der Waals surface area contributed by atoms with Crippen LogP contribution in [0.15, 0.2) is 52.0 Å². The Morgan fingerprint density at radius 3 is 2.68 bits per heavy atom. The molecule has 0 saturated carbocycles. The Balaban J connectivity index is 1.97. The summed E-state index contributed by atoms with van der Waals surface area (Å²) < 4.78 is 6.47. The second kappa shape index (κ2) is 9.19. The zero-order valence-corrected chi connectivity index (χ0v) is 15.6. The van der Waals surface area contributed by atoms with E-state index in [1.54, 1.807) is 18.2 Å². The number of hydrogen-bond acceptors (Lipinski definition) is 4. The molecule has 130 valence electrons. The monoisotopic (exact) mass is 423 g/mol. The first-order valence-corrected chi connectivity index (χ1v) is 8.39. The van der Waals surface area contributed by atoms with Gasteiger partial charge in [0.05, 0.1) is 10.7 Å². The molecule has 0 heterocycles. The van der Waals surface area contributed by atoms with Crippen molar-refractivity contribution < 1.29 is 14.3 Å². The Morgan fingerprint density at radius 2 is 2.00 bits per heavy atom. The van der Waals surface area contributed by atoms with E-state index in [1.165, 1.54) is 13.3 Å². The van der Waals surface area contributed by atoms with Gasteiger partial charge in [0.15, 0.2) is 0 Å². The normalized spacial score (nSPS) is 10.5. The average molecular weight is 425 g/mol. The SMILES string of the molecule is CNC(=O)C(=O)N/N=C\c1ccc(OCc2ccccc2Cl)c(Br)c1. The van der Waals surface area contributed by atoms with Crippen LogP contribution >= 0.6 is 27.5 Å². The van der Waals surface area contributed by atoms with Gasteiger partial charge in [-0.1, -0.05) is 29.8 Å². The molecule has 0 atom stereocenters. The average Bonchev–Trinajstić information content (AvgIpc) is 2.61. The Kier molecular flexibility index (Phi) is 6.97. The Bertz CT molecular complexity index is 811. The quantitative estimate of drug-likeness (QED) is 0.440. The van der Waals surface area contributed by atoms with Gasteiger partial charge >= 0.3 is 11.8 Å². The van der Waals surface area contributed by atoms with Crippen molar-refractivity contribution in [3.05, 3.63) is 63.1 Å². The van der Waals surface area contributed by atoms with Crippen molar-refractivity contribution in [2.24, 2.45) is 5.10 Å². The van der Waals surface area contributed by atoms with Gasteiger partial charge in [-0.15, -0.1) is 0 Å². The third-order valence-corrected chi connectivity index (χ3v) is 4.10. The molecule has 2 aromatic rings. The number of likely N-dealkylation sites (N-methyl/N-ethyl adjacent to an activating group) is 1. The van der Waals surface area contributed by atoms with Crippen molar-refractivity contribution in [3.63, 3.8) is 0 Å². The third-order valence-electron chi connectivity index (χ3n) is 3.11. The number of carbonyl (C=O) groups is 2. The fourth-order valence-corrected chi connectivity index (χ4v) is 2.52. The highest BCUT2D eigenvalue weighted by atomic mass is 79.9. The first kappa shape index (κ1) is 19.0. The van der Waals surface area contributed by atoms with Crippen molar-refractivity contribution in [1.82, 2.24) is 10.7 Å². The van der Waals surface area contributed by atoms with Crippen molar-refractivity contribution in [3.8, 4) is 5.75 Å². The van der Waals surface area contributed by atoms with E-state index in [0.29, 0.717) is 22.9 Å². The van der Waals surface area contributed by atoms with E-state index in [0.717, 1.165) is 10.0 Å². The lowest BCUT2D eigenvalue weighted by Gasteiger charge is -2.10. The van der Waals surface area contributed by atoms with Crippen LogP contribution in [0, 0.1) is 0 Å². The summed E-state index contributed by atoms with van der Waals surface area (Å²) in [5, 5.41) is 6.57. The highest BCUT2D eigenvalue weighted by molar-refractivity contribution is 9.10. The molecule has 0 unspecified atom stereocenters. The topological polar surface area (TPSA) is 79.8 Å². The number of carbonyl (C=O) groups excluding carboxylic acids is 2. The van der Waals surface area contributed by atoms with Gasteiger partial charge in [0, 0.05) is 17.6 Å². The van der Waals surface area contributed by atoms with Crippen LogP contribution in [0.25, 0.3) is 0 Å². The molecule has 6 nitrogen and oxygen atoms in total. The predicted molar refractivity (Wildman–Crippen MR) is 99.7 cm³/mol. The molecular formula is C17H15BrClN3O3. The van der Waals surface area contributed by atoms with Crippen LogP contribution in [0.2, 0.25) is 5.02 Å². The number of nitrogens with zero attached hydrogens (tertiary/aromatic N) is 1. The van der Waals surface area contributed by atoms with Crippen LogP contribution in [0.5, 0.6) is 5.75 Å². The number of amides is 2. The maximum Gasteiger partial charge on any atom is 0.329 e. The van der Waals surface area contributed by atoms with Crippen LogP contribution in [-0.2, 0) is 16.2 Å². The van der Waals surface area contributed by atoms with Gasteiger partial charge in [0.25, 0.3) is 0 Å². The summed E-state index contributed by atoms with van der Waals surface area (Å²) in [5.41, 5.74) is 3.73. The first-order valence-electron chi connectivity index (χ1n) is 7.22. The lowest BCUT2D eigenvalue weighted by molar-refractivity contribution is -0.138. The minimum atomic E-state index is -0.836. The highest BCUT2D eigenvalue weighted by Crippen LogP contribution is 2.27. The number of rotatable bonds is 5. The molecule has 0 aliphatic carbocycles. The minimum absolute atomic E-state index is 0.341. The highest BCUT2D eigenvalue weighted by Gasteiger charge is 2.09. The maximum atomic E-state index is 11.3. The molecule has 0 fully saturated rings. The van der Waals surface area contributed by atoms with Crippen LogP contribution in [0.4, 0.5) is 0 Å². The molecular weight excluding hydrogens is 410 g/mol. The van der Waals surface area contributed by atoms with Crippen molar-refractivity contribution in [2.45, 2.75) is 6.61 Å². The summed E-state index contributed by atoms with van der Waals surface area (Å²) in [4.78, 5) is 22.3. The number of hydrazone groups is 1. The van der Waals surface area contributed by atoms with Gasteiger partial charge in [0.1, 0.15) is 12.4 Å². The molecule has 0 spiro atoms. The molecule has 0 bridgehead atoms. The summed E-state index contributed by atoms with van der Waals surface area (Å²) in [5.74, 6) is -0.953. The van der Waals surface area contributed by atoms with E-state index < -0.39 is 11.8 Å². The van der Waals surface area contributed by atoms with E-state index in [4.69, 9.17) is 16.3 Å². The minimum Gasteiger partial charge on any atom is -0.488 e. The van der Waals surface area contributed by atoms with Crippen molar-refractivity contribution in [1.29, 1.82) is 0 Å². The molecule has 25 heavy (non-hydrogen) atoms. The molecule has 0 aliphatic rings. The summed E-state index contributed by atoms with van der Waals surface area (Å²) in [7, 11) is 1.37. The molecule has 2 amide bonds. The summed E-state index contributed by atoms with van der Waals surface area (Å²) >= 11 is 9.52. The van der Waals surface area contributed by atoms with E-state index in [-0.39, 0.29) is 0 Å². The van der Waals surface area contributed by atoms with E-state index in [2.05, 4.69) is 31.8 Å². The zero-order chi connectivity index (χ0) is 18.2. The number of ether oxygens (including phenoxy) is 1. The molecule has 0 aliphatic heterocycles. The molecule has 8 heteroatoms. The molecule has 2 aromatic carbocycles. The molecule has 0 aromatic heterocycles. The lowest BCUT2D eigenvalue weighted by atomic mass is 10.2. The lowest BCUT2D eigenvalue weighted by Crippen LogP contribution is -2.35. The Labute approximate surface area is 158 Å². The molecule has 2 rings (SSSR count). The first-order chi connectivity index (χ1) is 12.0. The van der Waals surface area contributed by atoms with Gasteiger partial charge < -0.3 is 10.1 Å². The summed E-state index contributed by atoms with van der Waals surface area (Å²) in [6, 6.07) is 12.8. The largest absolute Gasteiger partial charge is 0.488 e. The van der Waals surface area contributed by atoms with Gasteiger partial charge in [-0.3, -0.25) is 9.59 Å². The van der Waals surface area contributed by atoms with E-state index in [9.17, 15) is 9.59 Å². The summed E-state index contributed by atoms with van der Waals surface area (Å²) in [6.07, 6.45) is 1.42.